The molecule has 1 fully saturated rings. The fraction of sp³-hybridized carbons (Fsp3) is 0.538. The fourth-order valence-corrected chi connectivity index (χ4v) is 4.78. The van der Waals surface area contributed by atoms with Crippen molar-refractivity contribution in [2.45, 2.75) is 25.8 Å². The van der Waals surface area contributed by atoms with Crippen LogP contribution in [-0.2, 0) is 21.1 Å². The molecule has 0 bridgehead atoms. The Hall–Kier alpha value is -1.41. The van der Waals surface area contributed by atoms with Gasteiger partial charge in [-0.05, 0) is 18.6 Å². The minimum atomic E-state index is -3.28. The van der Waals surface area contributed by atoms with E-state index in [1.807, 2.05) is 13.0 Å². The smallest absolute Gasteiger partial charge is 0.305 e. The van der Waals surface area contributed by atoms with Gasteiger partial charge in [0.15, 0.2) is 9.84 Å². The molecule has 6 nitrogen and oxygen atoms in total. The molecule has 0 spiro atoms. The lowest BCUT2D eigenvalue weighted by Crippen LogP contribution is -2.51. The van der Waals surface area contributed by atoms with Gasteiger partial charge < -0.3 is 10.0 Å². The predicted octanol–water partition coefficient (Wildman–Crippen LogP) is 1.02. The summed E-state index contributed by atoms with van der Waals surface area (Å²) >= 11 is 1.37. The zero-order valence-electron chi connectivity index (χ0n) is 11.6. The molecule has 2 rings (SSSR count). The molecule has 1 N–H and O–H groups in total. The highest BCUT2D eigenvalue weighted by atomic mass is 32.2. The summed E-state index contributed by atoms with van der Waals surface area (Å²) in [7, 11) is -3.28. The first-order valence-corrected chi connectivity index (χ1v) is 9.28. The van der Waals surface area contributed by atoms with Crippen LogP contribution in [0.1, 0.15) is 27.9 Å². The van der Waals surface area contributed by atoms with Gasteiger partial charge >= 0.3 is 5.97 Å². The highest BCUT2D eigenvalue weighted by molar-refractivity contribution is 7.91. The van der Waals surface area contributed by atoms with Gasteiger partial charge in [-0.2, -0.15) is 0 Å². The van der Waals surface area contributed by atoms with Gasteiger partial charge in [0.25, 0.3) is 5.91 Å². The second kappa shape index (κ2) is 6.15. The molecule has 1 amide bonds. The van der Waals surface area contributed by atoms with E-state index in [0.29, 0.717) is 4.88 Å². The van der Waals surface area contributed by atoms with E-state index in [2.05, 4.69) is 0 Å². The molecular formula is C13H17NO5S2. The lowest BCUT2D eigenvalue weighted by molar-refractivity contribution is -0.138. The van der Waals surface area contributed by atoms with Gasteiger partial charge in [0.2, 0.25) is 0 Å². The van der Waals surface area contributed by atoms with Crippen molar-refractivity contribution >= 4 is 33.1 Å². The fourth-order valence-electron chi connectivity index (χ4n) is 2.35. The second-order valence-corrected chi connectivity index (χ2v) is 8.38. The number of hydrogen-bond acceptors (Lipinski definition) is 5. The van der Waals surface area contributed by atoms with Crippen LogP contribution in [0.5, 0.6) is 0 Å². The van der Waals surface area contributed by atoms with E-state index >= 15 is 0 Å². The Morgan fingerprint density at radius 3 is 2.71 bits per heavy atom. The number of rotatable bonds is 4. The van der Waals surface area contributed by atoms with Crippen molar-refractivity contribution in [1.29, 1.82) is 0 Å². The van der Waals surface area contributed by atoms with Crippen LogP contribution in [0.15, 0.2) is 12.1 Å². The zero-order valence-corrected chi connectivity index (χ0v) is 13.2. The Kier molecular flexibility index (Phi) is 4.67. The molecule has 2 heterocycles. The minimum Gasteiger partial charge on any atom is -0.481 e. The van der Waals surface area contributed by atoms with E-state index in [-0.39, 0.29) is 30.4 Å². The van der Waals surface area contributed by atoms with Crippen molar-refractivity contribution in [2.75, 3.05) is 18.1 Å². The van der Waals surface area contributed by atoms with Crippen molar-refractivity contribution in [3.8, 4) is 0 Å². The Morgan fingerprint density at radius 1 is 1.43 bits per heavy atom. The highest BCUT2D eigenvalue weighted by Crippen LogP contribution is 2.23. The number of carbonyl (C=O) groups excluding carboxylic acids is 1. The van der Waals surface area contributed by atoms with Crippen LogP contribution >= 0.6 is 11.3 Å². The third-order valence-electron chi connectivity index (χ3n) is 3.42. The van der Waals surface area contributed by atoms with Crippen molar-refractivity contribution < 1.29 is 23.1 Å². The molecule has 1 aromatic heterocycles. The molecule has 21 heavy (non-hydrogen) atoms. The van der Waals surface area contributed by atoms with Gasteiger partial charge in [0.1, 0.15) is 0 Å². The molecule has 1 aliphatic heterocycles. The summed E-state index contributed by atoms with van der Waals surface area (Å²) in [5.74, 6) is -1.77. The zero-order chi connectivity index (χ0) is 15.6. The Morgan fingerprint density at radius 2 is 2.14 bits per heavy atom. The first kappa shape index (κ1) is 16.0. The number of carboxylic acid groups (broad SMARTS) is 1. The highest BCUT2D eigenvalue weighted by Gasteiger charge is 2.36. The topological polar surface area (TPSA) is 91.8 Å². The van der Waals surface area contributed by atoms with Crippen molar-refractivity contribution in [1.82, 2.24) is 4.90 Å². The van der Waals surface area contributed by atoms with Crippen LogP contribution < -0.4 is 0 Å². The molecule has 1 saturated heterocycles. The van der Waals surface area contributed by atoms with Gasteiger partial charge in [0.05, 0.1) is 28.8 Å². The van der Waals surface area contributed by atoms with Crippen LogP contribution in [0.25, 0.3) is 0 Å². The van der Waals surface area contributed by atoms with Crippen molar-refractivity contribution in [2.24, 2.45) is 0 Å². The summed E-state index contributed by atoms with van der Waals surface area (Å²) < 4.78 is 23.3. The number of sulfone groups is 1. The number of nitrogens with zero attached hydrogens (tertiary/aromatic N) is 1. The van der Waals surface area contributed by atoms with Crippen LogP contribution in [0.2, 0.25) is 0 Å². The first-order valence-electron chi connectivity index (χ1n) is 6.64. The third-order valence-corrected chi connectivity index (χ3v) is 6.34. The summed E-state index contributed by atoms with van der Waals surface area (Å²) in [4.78, 5) is 26.4. The van der Waals surface area contributed by atoms with Crippen LogP contribution in [0, 0.1) is 0 Å². The summed E-state index contributed by atoms with van der Waals surface area (Å²) in [5, 5.41) is 8.92. The number of amides is 1. The summed E-state index contributed by atoms with van der Waals surface area (Å²) in [6.45, 7) is 2.04. The monoisotopic (exact) mass is 331 g/mol. The van der Waals surface area contributed by atoms with Gasteiger partial charge in [-0.1, -0.05) is 6.92 Å². The molecule has 1 aliphatic rings. The number of carbonyl (C=O) groups is 2. The molecule has 1 unspecified atom stereocenters. The van der Waals surface area contributed by atoms with Crippen molar-refractivity contribution in [3.63, 3.8) is 0 Å². The summed E-state index contributed by atoms with van der Waals surface area (Å²) in [6, 6.07) is 2.79. The lowest BCUT2D eigenvalue weighted by Gasteiger charge is -2.34. The van der Waals surface area contributed by atoms with E-state index in [1.165, 1.54) is 16.2 Å². The Bertz CT molecular complexity index is 649. The van der Waals surface area contributed by atoms with Gasteiger partial charge in [0, 0.05) is 11.4 Å². The van der Waals surface area contributed by atoms with Gasteiger partial charge in [-0.15, -0.1) is 11.3 Å². The standard InChI is InChI=1S/C13H17NO5S2/c1-2-10-3-4-11(20-10)13(17)14-5-6-21(18,19)8-9(14)7-12(15)16/h3-4,9H,2,5-8H2,1H3,(H,15,16). The molecule has 0 saturated carbocycles. The Balaban J connectivity index is 2.22. The number of carboxylic acids is 1. The number of aliphatic carboxylic acids is 1. The second-order valence-electron chi connectivity index (χ2n) is 4.98. The van der Waals surface area contributed by atoms with E-state index in [9.17, 15) is 18.0 Å². The Labute approximate surface area is 127 Å². The van der Waals surface area contributed by atoms with Crippen LogP contribution in [0.3, 0.4) is 0 Å². The maximum absolute atomic E-state index is 12.5. The van der Waals surface area contributed by atoms with Gasteiger partial charge in [-0.25, -0.2) is 8.42 Å². The normalized spacial score (nSPS) is 21.2. The summed E-state index contributed by atoms with van der Waals surface area (Å²) in [5.41, 5.74) is 0. The predicted molar refractivity (Wildman–Crippen MR) is 79.4 cm³/mol. The van der Waals surface area contributed by atoms with Crippen LogP contribution in [-0.4, -0.2) is 54.4 Å². The lowest BCUT2D eigenvalue weighted by atomic mass is 10.2. The summed E-state index contributed by atoms with van der Waals surface area (Å²) in [6.07, 6.45) is 0.474. The van der Waals surface area contributed by atoms with Crippen molar-refractivity contribution in [3.05, 3.63) is 21.9 Å². The number of hydrogen-bond donors (Lipinski definition) is 1. The molecule has 8 heteroatoms. The largest absolute Gasteiger partial charge is 0.481 e. The molecule has 1 atom stereocenters. The maximum atomic E-state index is 12.5. The van der Waals surface area contributed by atoms with Gasteiger partial charge in [-0.3, -0.25) is 9.59 Å². The number of aryl methyl sites for hydroxylation is 1. The first-order chi connectivity index (χ1) is 9.82. The van der Waals surface area contributed by atoms with Crippen LogP contribution in [0.4, 0.5) is 0 Å². The SMILES string of the molecule is CCc1ccc(C(=O)N2CCS(=O)(=O)CC2CC(=O)O)s1. The molecule has 0 aromatic carbocycles. The van der Waals surface area contributed by atoms with E-state index in [1.54, 1.807) is 6.07 Å². The average Bonchev–Trinajstić information content (AvgIpc) is 2.85. The van der Waals surface area contributed by atoms with E-state index in [4.69, 9.17) is 5.11 Å². The van der Waals surface area contributed by atoms with E-state index < -0.39 is 21.8 Å². The third kappa shape index (κ3) is 3.82. The molecule has 1 aromatic rings. The average molecular weight is 331 g/mol. The maximum Gasteiger partial charge on any atom is 0.305 e. The molecular weight excluding hydrogens is 314 g/mol. The van der Waals surface area contributed by atoms with E-state index in [0.717, 1.165) is 11.3 Å². The number of thiophene rings is 1. The molecule has 0 aliphatic carbocycles. The molecule has 0 radical (unpaired) electrons. The minimum absolute atomic E-state index is 0.0540. The quantitative estimate of drug-likeness (QED) is 0.889. The molecule has 116 valence electrons.